The molecule has 0 unspecified atom stereocenters. The molecule has 0 N–H and O–H groups in total. The van der Waals surface area contributed by atoms with Crippen molar-refractivity contribution in [2.24, 2.45) is 0 Å². The summed E-state index contributed by atoms with van der Waals surface area (Å²) < 4.78 is 0. The van der Waals surface area contributed by atoms with Crippen LogP contribution in [-0.2, 0) is 28.1 Å². The molecule has 0 heterocycles. The largest absolute Gasteiger partial charge is 4.00 e. The van der Waals surface area contributed by atoms with E-state index in [1.807, 2.05) is 6.07 Å². The van der Waals surface area contributed by atoms with E-state index in [-0.39, 0.29) is 46.5 Å². The van der Waals surface area contributed by atoms with Crippen LogP contribution in [0.3, 0.4) is 0 Å². The van der Waals surface area contributed by atoms with Crippen LogP contribution in [0.25, 0.3) is 21.8 Å². The van der Waals surface area contributed by atoms with Crippen LogP contribution in [0, 0.1) is 13.0 Å². The minimum absolute atomic E-state index is 0. The fraction of sp³-hybridized carbons (Fsp3) is 0.316. The summed E-state index contributed by atoms with van der Waals surface area (Å²) in [5.41, 5.74) is 5.51. The molecule has 0 radical (unpaired) electrons. The first-order valence-electron chi connectivity index (χ1n) is 7.02. The summed E-state index contributed by atoms with van der Waals surface area (Å²) in [6, 6.07) is 18.1. The van der Waals surface area contributed by atoms with Gasteiger partial charge in [0.15, 0.2) is 0 Å². The first kappa shape index (κ1) is 31.4. The Morgan fingerprint density at radius 3 is 1.83 bits per heavy atom. The SMILES string of the molecule is C[N-]C.C[N-]C.Cl.Cl.[CH2-]C.[Ti+4].[c-]1cccc2c1Cc1ccccc1-2. The Hall–Kier alpha value is -0.346. The molecule has 0 saturated carbocycles. The van der Waals surface area contributed by atoms with Gasteiger partial charge in [0, 0.05) is 0 Å². The second kappa shape index (κ2) is 20.7. The summed E-state index contributed by atoms with van der Waals surface area (Å²) >= 11 is 0. The van der Waals surface area contributed by atoms with E-state index < -0.39 is 0 Å². The van der Waals surface area contributed by atoms with Crippen molar-refractivity contribution in [2.45, 2.75) is 13.3 Å². The zero-order valence-electron chi connectivity index (χ0n) is 15.2. The third kappa shape index (κ3) is 10.5. The van der Waals surface area contributed by atoms with E-state index in [0.29, 0.717) is 0 Å². The first-order valence-corrected chi connectivity index (χ1v) is 7.02. The number of hydrogen-bond donors (Lipinski definition) is 0. The number of halogens is 2. The smallest absolute Gasteiger partial charge is 0.668 e. The Bertz CT molecular complexity index is 463. The Kier molecular flexibility index (Phi) is 27.1. The predicted molar refractivity (Wildman–Crippen MR) is 109 cm³/mol. The normalized spacial score (nSPS) is 8.42. The number of nitrogens with zero attached hydrogens (tertiary/aromatic N) is 2. The quantitative estimate of drug-likeness (QED) is 0.327. The molecule has 0 fully saturated rings. The summed E-state index contributed by atoms with van der Waals surface area (Å²) in [4.78, 5) is 0. The average Bonchev–Trinajstić information content (AvgIpc) is 2.89. The van der Waals surface area contributed by atoms with Crippen molar-refractivity contribution in [3.63, 3.8) is 0 Å². The number of benzene rings is 2. The van der Waals surface area contributed by atoms with Gasteiger partial charge in [-0.15, -0.1) is 30.4 Å². The Morgan fingerprint density at radius 2 is 1.29 bits per heavy atom. The molecule has 1 aliphatic carbocycles. The number of rotatable bonds is 0. The van der Waals surface area contributed by atoms with Gasteiger partial charge in [-0.25, -0.2) is 0 Å². The van der Waals surface area contributed by atoms with Gasteiger partial charge in [-0.2, -0.15) is 64.9 Å². The number of hydrogen-bond acceptors (Lipinski definition) is 0. The van der Waals surface area contributed by atoms with Gasteiger partial charge >= 0.3 is 21.7 Å². The molecule has 132 valence electrons. The van der Waals surface area contributed by atoms with E-state index in [0.717, 1.165) is 6.42 Å². The molecule has 1 aliphatic rings. The van der Waals surface area contributed by atoms with Crippen LogP contribution < -0.4 is 0 Å². The summed E-state index contributed by atoms with van der Waals surface area (Å²) in [5.74, 6) is 0. The molecule has 2 nitrogen and oxygen atoms in total. The van der Waals surface area contributed by atoms with Gasteiger partial charge in [-0.3, -0.25) is 0 Å². The first-order chi connectivity index (χ1) is 10.3. The molecule has 2 aromatic rings. The van der Waals surface area contributed by atoms with Crippen molar-refractivity contribution >= 4 is 24.8 Å². The van der Waals surface area contributed by atoms with Crippen molar-refractivity contribution in [1.29, 1.82) is 0 Å². The van der Waals surface area contributed by atoms with E-state index in [2.05, 4.69) is 60.0 Å². The van der Waals surface area contributed by atoms with Crippen LogP contribution in [0.15, 0.2) is 42.5 Å². The van der Waals surface area contributed by atoms with Crippen LogP contribution in [-0.4, -0.2) is 28.2 Å². The fourth-order valence-electron chi connectivity index (χ4n) is 2.00. The molecule has 0 amide bonds. The predicted octanol–water partition coefficient (Wildman–Crippen LogP) is 5.98. The monoisotopic (exact) mass is 402 g/mol. The molecule has 0 spiro atoms. The van der Waals surface area contributed by atoms with Crippen molar-refractivity contribution in [3.05, 3.63) is 77.2 Å². The van der Waals surface area contributed by atoms with Crippen LogP contribution in [0.2, 0.25) is 0 Å². The molecule has 3 rings (SSSR count). The molecule has 5 heteroatoms. The maximum Gasteiger partial charge on any atom is 4.00 e. The Labute approximate surface area is 175 Å². The van der Waals surface area contributed by atoms with E-state index in [9.17, 15) is 0 Å². The molecule has 24 heavy (non-hydrogen) atoms. The maximum absolute atomic E-state index is 3.50. The standard InChI is InChI=1S/C13H9.2C2H6N.C2H5.2ClH.Ti/c1-3-7-12-10(5-1)9-11-6-2-4-8-13(11)12;2*1-3-2;1-2;;;/h1-5,7-8H,9H2;2*1-2H3;1H2,2H3;2*1H;/q4*-1;;;+4. The van der Waals surface area contributed by atoms with Gasteiger partial charge in [0.1, 0.15) is 0 Å². The molecule has 2 aromatic carbocycles. The molecule has 0 saturated heterocycles. The summed E-state index contributed by atoms with van der Waals surface area (Å²) in [6.45, 7) is 5.00. The van der Waals surface area contributed by atoms with Gasteiger partial charge in [-0.05, 0) is 6.42 Å². The van der Waals surface area contributed by atoms with Gasteiger partial charge < -0.3 is 17.6 Å². The Balaban J connectivity index is -0.000000160. The molecule has 0 bridgehead atoms. The summed E-state index contributed by atoms with van der Waals surface area (Å²) in [7, 11) is 7.00. The molecular formula is C19H28Cl2N2Ti. The maximum atomic E-state index is 3.50. The fourth-order valence-corrected chi connectivity index (χ4v) is 2.00. The summed E-state index contributed by atoms with van der Waals surface area (Å²) in [5, 5.41) is 7.00. The van der Waals surface area contributed by atoms with Crippen molar-refractivity contribution in [2.75, 3.05) is 28.2 Å². The van der Waals surface area contributed by atoms with Crippen molar-refractivity contribution in [3.8, 4) is 11.1 Å². The average molecular weight is 403 g/mol. The van der Waals surface area contributed by atoms with E-state index in [1.165, 1.54) is 22.3 Å². The molecule has 0 aliphatic heterocycles. The second-order valence-electron chi connectivity index (χ2n) is 4.29. The third-order valence-electron chi connectivity index (χ3n) is 2.62. The third-order valence-corrected chi connectivity index (χ3v) is 2.62. The van der Waals surface area contributed by atoms with Gasteiger partial charge in [0.05, 0.1) is 0 Å². The minimum Gasteiger partial charge on any atom is -0.668 e. The zero-order valence-corrected chi connectivity index (χ0v) is 18.4. The van der Waals surface area contributed by atoms with E-state index in [4.69, 9.17) is 0 Å². The number of fused-ring (bicyclic) bond motifs is 3. The van der Waals surface area contributed by atoms with Crippen LogP contribution in [0.4, 0.5) is 0 Å². The van der Waals surface area contributed by atoms with Crippen molar-refractivity contribution in [1.82, 2.24) is 0 Å². The van der Waals surface area contributed by atoms with Gasteiger partial charge in [0.2, 0.25) is 0 Å². The van der Waals surface area contributed by atoms with Crippen LogP contribution >= 0.6 is 24.8 Å². The molecular weight excluding hydrogens is 375 g/mol. The van der Waals surface area contributed by atoms with E-state index in [1.54, 1.807) is 35.1 Å². The van der Waals surface area contributed by atoms with E-state index >= 15 is 0 Å². The molecule has 0 aromatic heterocycles. The van der Waals surface area contributed by atoms with Gasteiger partial charge in [-0.1, -0.05) is 35.4 Å². The minimum atomic E-state index is 0. The van der Waals surface area contributed by atoms with Crippen LogP contribution in [0.5, 0.6) is 0 Å². The second-order valence-corrected chi connectivity index (χ2v) is 4.29. The zero-order chi connectivity index (χ0) is 16.1. The Morgan fingerprint density at radius 1 is 0.833 bits per heavy atom. The van der Waals surface area contributed by atoms with Gasteiger partial charge in [0.25, 0.3) is 0 Å². The molecule has 0 atom stereocenters. The topological polar surface area (TPSA) is 28.2 Å². The van der Waals surface area contributed by atoms with Crippen molar-refractivity contribution < 1.29 is 21.7 Å². The summed E-state index contributed by atoms with van der Waals surface area (Å²) in [6.07, 6.45) is 1.05. The van der Waals surface area contributed by atoms with Crippen LogP contribution in [0.1, 0.15) is 18.1 Å².